The van der Waals surface area contributed by atoms with Crippen molar-refractivity contribution in [3.8, 4) is 0 Å². The van der Waals surface area contributed by atoms with Crippen molar-refractivity contribution in [3.63, 3.8) is 0 Å². The van der Waals surface area contributed by atoms with Crippen LogP contribution in [-0.2, 0) is 23.1 Å². The van der Waals surface area contributed by atoms with Gasteiger partial charge in [-0.05, 0) is 32.4 Å². The van der Waals surface area contributed by atoms with Crippen LogP contribution in [-0.4, -0.2) is 29.8 Å². The number of sulfonamides is 1. The molecule has 0 spiro atoms. The first kappa shape index (κ1) is 15.7. The quantitative estimate of drug-likeness (QED) is 0.709. The summed E-state index contributed by atoms with van der Waals surface area (Å²) >= 11 is 0. The molecule has 0 aliphatic heterocycles. The van der Waals surface area contributed by atoms with Crippen LogP contribution in [0.5, 0.6) is 0 Å². The van der Waals surface area contributed by atoms with Crippen LogP contribution in [0.15, 0.2) is 27.7 Å². The molecule has 0 aromatic carbocycles. The Bertz CT molecular complexity index is 676. The minimum atomic E-state index is -3.71. The molecule has 1 unspecified atom stereocenters. The van der Waals surface area contributed by atoms with Crippen molar-refractivity contribution in [3.05, 3.63) is 35.5 Å². The highest BCUT2D eigenvalue weighted by Crippen LogP contribution is 2.18. The van der Waals surface area contributed by atoms with Crippen LogP contribution in [0, 0.1) is 6.92 Å². The van der Waals surface area contributed by atoms with E-state index in [1.165, 1.54) is 0 Å². The van der Waals surface area contributed by atoms with Gasteiger partial charge in [0.25, 0.3) is 0 Å². The number of aliphatic hydroxyl groups excluding tert-OH is 1. The highest BCUT2D eigenvalue weighted by Gasteiger charge is 2.25. The molecule has 7 nitrogen and oxygen atoms in total. The van der Waals surface area contributed by atoms with Gasteiger partial charge in [0, 0.05) is 12.5 Å². The lowest BCUT2D eigenvalue weighted by Crippen LogP contribution is -2.33. The number of aryl methyl sites for hydroxylation is 2. The molecule has 0 aliphatic carbocycles. The maximum atomic E-state index is 12.4. The van der Waals surface area contributed by atoms with E-state index in [0.29, 0.717) is 18.5 Å². The molecule has 0 bridgehead atoms. The molecule has 2 aromatic heterocycles. The molecule has 0 amide bonds. The third kappa shape index (κ3) is 3.72. The lowest BCUT2D eigenvalue weighted by molar-refractivity contribution is 0.273. The number of rotatable bonds is 7. The van der Waals surface area contributed by atoms with Crippen molar-refractivity contribution in [1.82, 2.24) is 14.9 Å². The van der Waals surface area contributed by atoms with Gasteiger partial charge in [-0.3, -0.25) is 5.10 Å². The number of hydrogen-bond donors (Lipinski definition) is 3. The van der Waals surface area contributed by atoms with E-state index in [-0.39, 0.29) is 16.6 Å². The largest absolute Gasteiger partial charge is 0.469 e. The number of nitrogens with zero attached hydrogens (tertiary/aromatic N) is 1. The standard InChI is InChI=1S/C13H19N3O4S/c1-9(5-6-11-4-3-7-20-11)16-21(18,19)13-10(2)14-15-12(13)8-17/h3-4,7,9,16-17H,5-6,8H2,1-2H3,(H,14,15). The highest BCUT2D eigenvalue weighted by molar-refractivity contribution is 7.89. The van der Waals surface area contributed by atoms with E-state index in [9.17, 15) is 13.5 Å². The summed E-state index contributed by atoms with van der Waals surface area (Å²) in [5.41, 5.74) is 0.531. The number of aromatic amines is 1. The van der Waals surface area contributed by atoms with Gasteiger partial charge in [-0.15, -0.1) is 0 Å². The zero-order valence-electron chi connectivity index (χ0n) is 12.0. The third-order valence-corrected chi connectivity index (χ3v) is 4.93. The molecule has 116 valence electrons. The molecule has 8 heteroatoms. The lowest BCUT2D eigenvalue weighted by atomic mass is 10.2. The summed E-state index contributed by atoms with van der Waals surface area (Å²) in [6.45, 7) is 2.96. The Hall–Kier alpha value is -1.64. The summed E-state index contributed by atoms with van der Waals surface area (Å²) in [5.74, 6) is 0.816. The van der Waals surface area contributed by atoms with E-state index >= 15 is 0 Å². The van der Waals surface area contributed by atoms with Crippen LogP contribution < -0.4 is 4.72 Å². The number of nitrogens with one attached hydrogen (secondary N) is 2. The van der Waals surface area contributed by atoms with Gasteiger partial charge in [0.2, 0.25) is 10.0 Å². The van der Waals surface area contributed by atoms with Crippen molar-refractivity contribution in [2.24, 2.45) is 0 Å². The minimum Gasteiger partial charge on any atom is -0.469 e. The lowest BCUT2D eigenvalue weighted by Gasteiger charge is -2.14. The monoisotopic (exact) mass is 313 g/mol. The van der Waals surface area contributed by atoms with E-state index in [0.717, 1.165) is 5.76 Å². The first-order chi connectivity index (χ1) is 9.94. The minimum absolute atomic E-state index is 0.0230. The van der Waals surface area contributed by atoms with Crippen molar-refractivity contribution in [1.29, 1.82) is 0 Å². The van der Waals surface area contributed by atoms with Gasteiger partial charge in [-0.1, -0.05) is 0 Å². The van der Waals surface area contributed by atoms with Crippen LogP contribution in [0.25, 0.3) is 0 Å². The smallest absolute Gasteiger partial charge is 0.244 e. The summed E-state index contributed by atoms with van der Waals surface area (Å²) < 4.78 is 32.5. The van der Waals surface area contributed by atoms with Crippen molar-refractivity contribution < 1.29 is 17.9 Å². The first-order valence-electron chi connectivity index (χ1n) is 6.63. The maximum Gasteiger partial charge on any atom is 0.244 e. The highest BCUT2D eigenvalue weighted by atomic mass is 32.2. The second kappa shape index (κ2) is 6.42. The predicted molar refractivity (Wildman–Crippen MR) is 76.1 cm³/mol. The Balaban J connectivity index is 2.04. The van der Waals surface area contributed by atoms with Gasteiger partial charge >= 0.3 is 0 Å². The van der Waals surface area contributed by atoms with E-state index in [1.807, 2.05) is 6.07 Å². The third-order valence-electron chi connectivity index (χ3n) is 3.14. The van der Waals surface area contributed by atoms with Crippen molar-refractivity contribution >= 4 is 10.0 Å². The first-order valence-corrected chi connectivity index (χ1v) is 8.11. The van der Waals surface area contributed by atoms with E-state index in [2.05, 4.69) is 14.9 Å². The van der Waals surface area contributed by atoms with Crippen LogP contribution in [0.1, 0.15) is 30.5 Å². The molecule has 0 aliphatic rings. The summed E-state index contributed by atoms with van der Waals surface area (Å²) in [7, 11) is -3.71. The molecule has 0 fully saturated rings. The maximum absolute atomic E-state index is 12.4. The van der Waals surface area contributed by atoms with Crippen LogP contribution in [0.4, 0.5) is 0 Å². The van der Waals surface area contributed by atoms with E-state index in [4.69, 9.17) is 4.42 Å². The number of furan rings is 1. The number of aromatic nitrogens is 2. The Kier molecular flexibility index (Phi) is 4.81. The predicted octanol–water partition coefficient (Wildman–Crippen LogP) is 1.10. The fraction of sp³-hybridized carbons (Fsp3) is 0.462. The second-order valence-corrected chi connectivity index (χ2v) is 6.57. The fourth-order valence-electron chi connectivity index (χ4n) is 2.13. The Morgan fingerprint density at radius 2 is 2.29 bits per heavy atom. The molecule has 2 aromatic rings. The molecule has 0 saturated heterocycles. The van der Waals surface area contributed by atoms with Crippen molar-refractivity contribution in [2.75, 3.05) is 0 Å². The van der Waals surface area contributed by atoms with Gasteiger partial charge in [0.05, 0.1) is 18.6 Å². The average Bonchev–Trinajstić information content (AvgIpc) is 3.04. The van der Waals surface area contributed by atoms with E-state index in [1.54, 1.807) is 26.2 Å². The van der Waals surface area contributed by atoms with Gasteiger partial charge in [-0.2, -0.15) is 5.10 Å². The van der Waals surface area contributed by atoms with Gasteiger partial charge < -0.3 is 9.52 Å². The molecule has 21 heavy (non-hydrogen) atoms. The molecular weight excluding hydrogens is 294 g/mol. The Labute approximate surface area is 123 Å². The molecule has 0 saturated carbocycles. The Morgan fingerprint density at radius 1 is 1.52 bits per heavy atom. The number of aliphatic hydroxyl groups is 1. The second-order valence-electron chi connectivity index (χ2n) is 4.92. The summed E-state index contributed by atoms with van der Waals surface area (Å²) in [5, 5.41) is 15.5. The zero-order chi connectivity index (χ0) is 15.5. The Morgan fingerprint density at radius 3 is 2.90 bits per heavy atom. The normalized spacial score (nSPS) is 13.5. The van der Waals surface area contributed by atoms with Crippen molar-refractivity contribution in [2.45, 2.75) is 44.2 Å². The molecule has 0 radical (unpaired) electrons. The SMILES string of the molecule is Cc1[nH]nc(CO)c1S(=O)(=O)NC(C)CCc1ccco1. The summed E-state index contributed by atoms with van der Waals surface area (Å²) in [4.78, 5) is 0.0230. The van der Waals surface area contributed by atoms with Gasteiger partial charge in [0.1, 0.15) is 16.3 Å². The molecule has 3 N–H and O–H groups in total. The number of H-pyrrole nitrogens is 1. The summed E-state index contributed by atoms with van der Waals surface area (Å²) in [6, 6.07) is 3.39. The van der Waals surface area contributed by atoms with Crippen LogP contribution in [0.3, 0.4) is 0 Å². The molecule has 2 heterocycles. The molecule has 2 rings (SSSR count). The topological polar surface area (TPSA) is 108 Å². The fourth-order valence-corrected chi connectivity index (χ4v) is 3.76. The van der Waals surface area contributed by atoms with Crippen LogP contribution in [0.2, 0.25) is 0 Å². The molecular formula is C13H19N3O4S. The zero-order valence-corrected chi connectivity index (χ0v) is 12.8. The summed E-state index contributed by atoms with van der Waals surface area (Å²) in [6.07, 6.45) is 2.85. The average molecular weight is 313 g/mol. The van der Waals surface area contributed by atoms with E-state index < -0.39 is 16.6 Å². The van der Waals surface area contributed by atoms with Gasteiger partial charge in [-0.25, -0.2) is 13.1 Å². The van der Waals surface area contributed by atoms with Crippen LogP contribution >= 0.6 is 0 Å². The van der Waals surface area contributed by atoms with Gasteiger partial charge in [0.15, 0.2) is 0 Å². The molecule has 1 atom stereocenters. The number of hydrogen-bond acceptors (Lipinski definition) is 5.